The number of fused-ring (bicyclic) bond motifs is 1. The van der Waals surface area contributed by atoms with E-state index in [1.807, 2.05) is 53.9 Å². The largest absolute Gasteiger partial charge is 0.497 e. The van der Waals surface area contributed by atoms with Gasteiger partial charge in [0.05, 0.1) is 18.7 Å². The van der Waals surface area contributed by atoms with E-state index in [9.17, 15) is 9.59 Å². The highest BCUT2D eigenvalue weighted by Gasteiger charge is 2.32. The predicted molar refractivity (Wildman–Crippen MR) is 112 cm³/mol. The van der Waals surface area contributed by atoms with Gasteiger partial charge in [0.25, 0.3) is 0 Å². The molecule has 5 heteroatoms. The first-order valence-corrected chi connectivity index (χ1v) is 10.2. The molecule has 0 aliphatic carbocycles. The lowest BCUT2D eigenvalue weighted by Crippen LogP contribution is -2.40. The Hall–Kier alpha value is -2.92. The fourth-order valence-corrected chi connectivity index (χ4v) is 4.40. The number of hydrogen-bond acceptors (Lipinski definition) is 4. The quantitative estimate of drug-likeness (QED) is 0.633. The molecule has 142 valence electrons. The molecule has 1 unspecified atom stereocenters. The summed E-state index contributed by atoms with van der Waals surface area (Å²) < 4.78 is 5.26. The molecule has 0 N–H and O–H groups in total. The van der Waals surface area contributed by atoms with Crippen molar-refractivity contribution in [3.63, 3.8) is 0 Å². The minimum Gasteiger partial charge on any atom is -0.497 e. The zero-order valence-electron chi connectivity index (χ0n) is 15.6. The highest BCUT2D eigenvalue weighted by Crippen LogP contribution is 2.33. The number of thiophene rings is 1. The van der Waals surface area contributed by atoms with Crippen molar-refractivity contribution in [2.24, 2.45) is 0 Å². The Bertz CT molecular complexity index is 979. The van der Waals surface area contributed by atoms with Gasteiger partial charge in [-0.1, -0.05) is 30.3 Å². The molecule has 1 aliphatic heterocycles. The zero-order valence-corrected chi connectivity index (χ0v) is 16.4. The number of benzene rings is 2. The van der Waals surface area contributed by atoms with Crippen molar-refractivity contribution in [1.82, 2.24) is 0 Å². The van der Waals surface area contributed by atoms with Crippen LogP contribution >= 0.6 is 11.3 Å². The number of methoxy groups -OCH3 is 1. The standard InChI is InChI=1S/C23H21NO3S/c1-27-17-10-8-16(9-11-17)20(15-18-5-4-14-28-18)23(26)24-13-12-22(25)19-6-2-3-7-21(19)24/h2-11,14,20H,12-13,15H2,1H3. The van der Waals surface area contributed by atoms with Gasteiger partial charge in [0.1, 0.15) is 5.75 Å². The summed E-state index contributed by atoms with van der Waals surface area (Å²) in [5, 5.41) is 2.03. The van der Waals surface area contributed by atoms with Crippen LogP contribution in [0.25, 0.3) is 0 Å². The molecule has 4 rings (SSSR count). The maximum atomic E-state index is 13.6. The minimum atomic E-state index is -0.314. The van der Waals surface area contributed by atoms with Crippen LogP contribution in [-0.4, -0.2) is 25.3 Å². The number of carbonyl (C=O) groups excluding carboxylic acids is 2. The average molecular weight is 391 g/mol. The van der Waals surface area contributed by atoms with Crippen LogP contribution in [0.1, 0.15) is 33.1 Å². The van der Waals surface area contributed by atoms with Gasteiger partial charge in [-0.05, 0) is 47.7 Å². The van der Waals surface area contributed by atoms with Gasteiger partial charge < -0.3 is 9.64 Å². The second kappa shape index (κ2) is 7.98. The number of rotatable bonds is 5. The Balaban J connectivity index is 1.70. The van der Waals surface area contributed by atoms with Gasteiger partial charge >= 0.3 is 0 Å². The second-order valence-corrected chi connectivity index (χ2v) is 7.82. The fraction of sp³-hybridized carbons (Fsp3) is 0.217. The average Bonchev–Trinajstić information content (AvgIpc) is 3.25. The summed E-state index contributed by atoms with van der Waals surface area (Å²) in [4.78, 5) is 28.8. The lowest BCUT2D eigenvalue weighted by Gasteiger charge is -2.32. The van der Waals surface area contributed by atoms with E-state index in [1.165, 1.54) is 0 Å². The Morgan fingerprint density at radius 2 is 1.89 bits per heavy atom. The first kappa shape index (κ1) is 18.4. The van der Waals surface area contributed by atoms with Gasteiger partial charge in [-0.3, -0.25) is 9.59 Å². The third kappa shape index (κ3) is 3.58. The summed E-state index contributed by atoms with van der Waals surface area (Å²) in [7, 11) is 1.63. The normalized spacial score (nSPS) is 14.5. The fourth-order valence-electron chi connectivity index (χ4n) is 3.64. The highest BCUT2D eigenvalue weighted by molar-refractivity contribution is 7.09. The molecule has 0 spiro atoms. The molecule has 0 saturated carbocycles. The SMILES string of the molecule is COc1ccc(C(Cc2cccs2)C(=O)N2CCC(=O)c3ccccc32)cc1. The lowest BCUT2D eigenvalue weighted by atomic mass is 9.91. The Morgan fingerprint density at radius 1 is 1.11 bits per heavy atom. The molecule has 1 aromatic heterocycles. The van der Waals surface area contributed by atoms with Crippen molar-refractivity contribution in [3.8, 4) is 5.75 Å². The molecule has 3 aromatic rings. The monoisotopic (exact) mass is 391 g/mol. The molecule has 0 bridgehead atoms. The Morgan fingerprint density at radius 3 is 2.61 bits per heavy atom. The van der Waals surface area contributed by atoms with E-state index in [2.05, 4.69) is 6.07 Å². The molecule has 1 aliphatic rings. The first-order valence-electron chi connectivity index (χ1n) is 9.27. The van der Waals surface area contributed by atoms with E-state index in [-0.39, 0.29) is 17.6 Å². The van der Waals surface area contributed by atoms with Gasteiger partial charge in [-0.2, -0.15) is 0 Å². The van der Waals surface area contributed by atoms with Crippen LogP contribution in [-0.2, 0) is 11.2 Å². The molecule has 0 fully saturated rings. The summed E-state index contributed by atoms with van der Waals surface area (Å²) in [6.45, 7) is 0.422. The smallest absolute Gasteiger partial charge is 0.234 e. The number of Topliss-reactive ketones (excluding diaryl/α,β-unsaturated/α-hetero) is 1. The van der Waals surface area contributed by atoms with Crippen molar-refractivity contribution >= 4 is 28.7 Å². The molecule has 4 nitrogen and oxygen atoms in total. The van der Waals surface area contributed by atoms with Gasteiger partial charge in [-0.15, -0.1) is 11.3 Å². The van der Waals surface area contributed by atoms with E-state index in [4.69, 9.17) is 4.74 Å². The zero-order chi connectivity index (χ0) is 19.5. The van der Waals surface area contributed by atoms with Crippen molar-refractivity contribution in [1.29, 1.82) is 0 Å². The molecule has 28 heavy (non-hydrogen) atoms. The number of anilines is 1. The van der Waals surface area contributed by atoms with Crippen LogP contribution in [0.3, 0.4) is 0 Å². The topological polar surface area (TPSA) is 46.6 Å². The van der Waals surface area contributed by atoms with Crippen molar-refractivity contribution in [3.05, 3.63) is 82.0 Å². The molecule has 1 atom stereocenters. The number of amides is 1. The molecule has 0 radical (unpaired) electrons. The molecular weight excluding hydrogens is 370 g/mol. The van der Waals surface area contributed by atoms with E-state index >= 15 is 0 Å². The maximum absolute atomic E-state index is 13.6. The maximum Gasteiger partial charge on any atom is 0.234 e. The molecule has 2 aromatic carbocycles. The molecular formula is C23H21NO3S. The van der Waals surface area contributed by atoms with Gasteiger partial charge in [0.15, 0.2) is 5.78 Å². The third-order valence-corrected chi connectivity index (χ3v) is 6.02. The number of ether oxygens (including phenoxy) is 1. The minimum absolute atomic E-state index is 0.0264. The molecule has 2 heterocycles. The first-order chi connectivity index (χ1) is 13.7. The number of nitrogens with zero attached hydrogens (tertiary/aromatic N) is 1. The molecule has 0 saturated heterocycles. The van der Waals surface area contributed by atoms with E-state index in [0.29, 0.717) is 30.6 Å². The van der Waals surface area contributed by atoms with Crippen LogP contribution in [0, 0.1) is 0 Å². The van der Waals surface area contributed by atoms with Crippen LogP contribution in [0.15, 0.2) is 66.0 Å². The highest BCUT2D eigenvalue weighted by atomic mass is 32.1. The summed E-state index contributed by atoms with van der Waals surface area (Å²) in [6.07, 6.45) is 0.993. The summed E-state index contributed by atoms with van der Waals surface area (Å²) in [5.41, 5.74) is 2.30. The third-order valence-electron chi connectivity index (χ3n) is 5.13. The van der Waals surface area contributed by atoms with Crippen molar-refractivity contribution < 1.29 is 14.3 Å². The van der Waals surface area contributed by atoms with E-state index in [1.54, 1.807) is 29.4 Å². The molecule has 1 amide bonds. The van der Waals surface area contributed by atoms with Crippen molar-refractivity contribution in [2.75, 3.05) is 18.6 Å². The number of ketones is 1. The van der Waals surface area contributed by atoms with Crippen LogP contribution in [0.2, 0.25) is 0 Å². The predicted octanol–water partition coefficient (Wildman–Crippen LogP) is 4.70. The number of carbonyl (C=O) groups is 2. The Kier molecular flexibility index (Phi) is 5.26. The van der Waals surface area contributed by atoms with Gasteiger partial charge in [0.2, 0.25) is 5.91 Å². The van der Waals surface area contributed by atoms with E-state index < -0.39 is 0 Å². The summed E-state index contributed by atoms with van der Waals surface area (Å²) in [5.74, 6) is 0.572. The van der Waals surface area contributed by atoms with Gasteiger partial charge in [0, 0.05) is 23.4 Å². The van der Waals surface area contributed by atoms with Gasteiger partial charge in [-0.25, -0.2) is 0 Å². The van der Waals surface area contributed by atoms with E-state index in [0.717, 1.165) is 16.2 Å². The van der Waals surface area contributed by atoms with Crippen LogP contribution in [0.4, 0.5) is 5.69 Å². The lowest BCUT2D eigenvalue weighted by molar-refractivity contribution is -0.120. The summed E-state index contributed by atoms with van der Waals surface area (Å²) >= 11 is 1.65. The number of para-hydroxylation sites is 1. The summed E-state index contributed by atoms with van der Waals surface area (Å²) in [6, 6.07) is 19.1. The van der Waals surface area contributed by atoms with Crippen LogP contribution < -0.4 is 9.64 Å². The Labute approximate surface area is 168 Å². The number of hydrogen-bond donors (Lipinski definition) is 0. The van der Waals surface area contributed by atoms with Crippen molar-refractivity contribution in [2.45, 2.75) is 18.8 Å². The van der Waals surface area contributed by atoms with Crippen LogP contribution in [0.5, 0.6) is 5.75 Å². The second-order valence-electron chi connectivity index (χ2n) is 6.79.